The summed E-state index contributed by atoms with van der Waals surface area (Å²) >= 11 is 5.77. The van der Waals surface area contributed by atoms with Crippen molar-refractivity contribution in [2.24, 2.45) is 5.10 Å². The average molecular weight is 429 g/mol. The molecule has 2 aliphatic heterocycles. The molecule has 1 N–H and O–H groups in total. The van der Waals surface area contributed by atoms with Crippen molar-refractivity contribution in [2.45, 2.75) is 25.9 Å². The molecule has 0 aliphatic carbocycles. The van der Waals surface area contributed by atoms with Gasteiger partial charge in [0.2, 0.25) is 0 Å². The molecule has 1 aromatic heterocycles. The SMILES string of the molecule is Cc1ccc(C2=NN(C(=O)NC(C)c3ccc(Cl)nn3)C[C@@H]2N2CCOC2=O)cc1. The molecule has 1 aromatic carbocycles. The summed E-state index contributed by atoms with van der Waals surface area (Å²) in [4.78, 5) is 26.6. The number of aryl methyl sites for hydroxylation is 1. The van der Waals surface area contributed by atoms with Gasteiger partial charge < -0.3 is 10.1 Å². The molecule has 1 unspecified atom stereocenters. The van der Waals surface area contributed by atoms with Gasteiger partial charge in [0.15, 0.2) is 5.15 Å². The van der Waals surface area contributed by atoms with E-state index in [4.69, 9.17) is 16.3 Å². The van der Waals surface area contributed by atoms with Crippen LogP contribution in [0.15, 0.2) is 41.5 Å². The number of halogens is 1. The molecule has 0 saturated carbocycles. The number of rotatable bonds is 4. The molecule has 10 heteroatoms. The molecule has 30 heavy (non-hydrogen) atoms. The van der Waals surface area contributed by atoms with E-state index >= 15 is 0 Å². The van der Waals surface area contributed by atoms with Gasteiger partial charge in [-0.15, -0.1) is 5.10 Å². The molecule has 3 heterocycles. The topological polar surface area (TPSA) is 100 Å². The predicted octanol–water partition coefficient (Wildman–Crippen LogP) is 2.75. The first kappa shape index (κ1) is 20.1. The molecule has 156 valence electrons. The van der Waals surface area contributed by atoms with Gasteiger partial charge in [-0.25, -0.2) is 14.6 Å². The molecule has 0 spiro atoms. The van der Waals surface area contributed by atoms with Crippen LogP contribution in [0.2, 0.25) is 5.15 Å². The van der Waals surface area contributed by atoms with Crippen LogP contribution in [-0.2, 0) is 4.74 Å². The number of ether oxygens (including phenoxy) is 1. The zero-order chi connectivity index (χ0) is 21.3. The first-order valence-corrected chi connectivity index (χ1v) is 9.96. The summed E-state index contributed by atoms with van der Waals surface area (Å²) in [5.41, 5.74) is 3.21. The quantitative estimate of drug-likeness (QED) is 0.807. The van der Waals surface area contributed by atoms with Gasteiger partial charge in [-0.3, -0.25) is 4.90 Å². The van der Waals surface area contributed by atoms with Crippen LogP contribution in [0, 0.1) is 6.92 Å². The minimum atomic E-state index is -0.396. The third-order valence-electron chi connectivity index (χ3n) is 5.08. The Bertz CT molecular complexity index is 979. The van der Waals surface area contributed by atoms with E-state index in [0.29, 0.717) is 24.6 Å². The highest BCUT2D eigenvalue weighted by Gasteiger charge is 2.40. The van der Waals surface area contributed by atoms with Gasteiger partial charge in [0.05, 0.1) is 36.6 Å². The molecule has 3 amide bonds. The number of hydrazone groups is 1. The van der Waals surface area contributed by atoms with Crippen LogP contribution in [0.1, 0.15) is 29.8 Å². The summed E-state index contributed by atoms with van der Waals surface area (Å²) in [6.45, 7) is 4.82. The maximum absolute atomic E-state index is 12.9. The first-order chi connectivity index (χ1) is 14.4. The monoisotopic (exact) mass is 428 g/mol. The number of nitrogens with one attached hydrogen (secondary N) is 1. The van der Waals surface area contributed by atoms with Gasteiger partial charge in [-0.05, 0) is 31.5 Å². The minimum absolute atomic E-state index is 0.239. The van der Waals surface area contributed by atoms with Crippen molar-refractivity contribution in [3.8, 4) is 0 Å². The molecular weight excluding hydrogens is 408 g/mol. The number of carbonyl (C=O) groups is 2. The second-order valence-electron chi connectivity index (χ2n) is 7.21. The fourth-order valence-corrected chi connectivity index (χ4v) is 3.52. The van der Waals surface area contributed by atoms with Crippen molar-refractivity contribution >= 4 is 29.4 Å². The summed E-state index contributed by atoms with van der Waals surface area (Å²) in [7, 11) is 0. The van der Waals surface area contributed by atoms with E-state index in [9.17, 15) is 9.59 Å². The third kappa shape index (κ3) is 4.06. The van der Waals surface area contributed by atoms with Gasteiger partial charge in [-0.1, -0.05) is 41.4 Å². The third-order valence-corrected chi connectivity index (χ3v) is 5.28. The summed E-state index contributed by atoms with van der Waals surface area (Å²) in [6.07, 6.45) is -0.396. The molecule has 9 nitrogen and oxygen atoms in total. The number of amides is 3. The predicted molar refractivity (Wildman–Crippen MR) is 110 cm³/mol. The summed E-state index contributed by atoms with van der Waals surface area (Å²) in [6, 6.07) is 9.99. The number of aromatic nitrogens is 2. The molecule has 2 aliphatic rings. The van der Waals surface area contributed by atoms with Crippen molar-refractivity contribution in [3.63, 3.8) is 0 Å². The second kappa shape index (κ2) is 8.27. The Labute approximate surface area is 178 Å². The Hall–Kier alpha value is -3.20. The first-order valence-electron chi connectivity index (χ1n) is 9.58. The van der Waals surface area contributed by atoms with E-state index in [0.717, 1.165) is 11.1 Å². The number of urea groups is 1. The zero-order valence-corrected chi connectivity index (χ0v) is 17.3. The Morgan fingerprint density at radius 1 is 1.23 bits per heavy atom. The fraction of sp³-hybridized carbons (Fsp3) is 0.350. The maximum Gasteiger partial charge on any atom is 0.410 e. The lowest BCUT2D eigenvalue weighted by molar-refractivity contribution is 0.150. The average Bonchev–Trinajstić information content (AvgIpc) is 3.35. The van der Waals surface area contributed by atoms with E-state index in [1.54, 1.807) is 24.0 Å². The molecule has 4 rings (SSSR count). The van der Waals surface area contributed by atoms with Crippen molar-refractivity contribution in [3.05, 3.63) is 58.4 Å². The van der Waals surface area contributed by atoms with E-state index in [1.165, 1.54) is 5.01 Å². The second-order valence-corrected chi connectivity index (χ2v) is 7.60. The van der Waals surface area contributed by atoms with Gasteiger partial charge >= 0.3 is 12.1 Å². The Kier molecular flexibility index (Phi) is 5.54. The normalized spacial score (nSPS) is 19.5. The minimum Gasteiger partial charge on any atom is -0.448 e. The van der Waals surface area contributed by atoms with Crippen LogP contribution in [0.3, 0.4) is 0 Å². The lowest BCUT2D eigenvalue weighted by atomic mass is 10.0. The van der Waals surface area contributed by atoms with E-state index < -0.39 is 12.1 Å². The van der Waals surface area contributed by atoms with Gasteiger partial charge in [-0.2, -0.15) is 10.2 Å². The highest BCUT2D eigenvalue weighted by molar-refractivity contribution is 6.29. The van der Waals surface area contributed by atoms with Crippen LogP contribution >= 0.6 is 11.6 Å². The van der Waals surface area contributed by atoms with Crippen LogP contribution in [0.4, 0.5) is 9.59 Å². The summed E-state index contributed by atoms with van der Waals surface area (Å²) in [5.74, 6) is 0. The van der Waals surface area contributed by atoms with Crippen molar-refractivity contribution in [1.82, 2.24) is 25.4 Å². The van der Waals surface area contributed by atoms with Crippen LogP contribution in [0.5, 0.6) is 0 Å². The molecule has 1 saturated heterocycles. The summed E-state index contributed by atoms with van der Waals surface area (Å²) < 4.78 is 5.10. The van der Waals surface area contributed by atoms with Crippen molar-refractivity contribution in [2.75, 3.05) is 19.7 Å². The lowest BCUT2D eigenvalue weighted by Gasteiger charge is -2.23. The fourth-order valence-electron chi connectivity index (χ4n) is 3.42. The molecule has 2 aromatic rings. The lowest BCUT2D eigenvalue weighted by Crippen LogP contribution is -2.46. The van der Waals surface area contributed by atoms with Gasteiger partial charge in [0, 0.05) is 0 Å². The number of nitrogens with zero attached hydrogens (tertiary/aromatic N) is 5. The van der Waals surface area contributed by atoms with E-state index in [-0.39, 0.29) is 23.8 Å². The molecule has 0 bridgehead atoms. The Morgan fingerprint density at radius 2 is 2.00 bits per heavy atom. The van der Waals surface area contributed by atoms with Crippen LogP contribution in [-0.4, -0.2) is 63.7 Å². The zero-order valence-electron chi connectivity index (χ0n) is 16.6. The highest BCUT2D eigenvalue weighted by Crippen LogP contribution is 2.23. The van der Waals surface area contributed by atoms with E-state index in [2.05, 4.69) is 20.6 Å². The maximum atomic E-state index is 12.9. The van der Waals surface area contributed by atoms with Crippen molar-refractivity contribution in [1.29, 1.82) is 0 Å². The molecular formula is C20H21ClN6O3. The number of cyclic esters (lactones) is 1. The number of hydrogen-bond acceptors (Lipinski definition) is 6. The molecule has 0 radical (unpaired) electrons. The smallest absolute Gasteiger partial charge is 0.410 e. The number of carbonyl (C=O) groups excluding carboxylic acids is 2. The Balaban J connectivity index is 1.55. The Morgan fingerprint density at radius 3 is 2.63 bits per heavy atom. The van der Waals surface area contributed by atoms with Crippen LogP contribution < -0.4 is 5.32 Å². The number of hydrogen-bond donors (Lipinski definition) is 1. The van der Waals surface area contributed by atoms with E-state index in [1.807, 2.05) is 31.2 Å². The summed E-state index contributed by atoms with van der Waals surface area (Å²) in [5, 5.41) is 16.8. The van der Waals surface area contributed by atoms with Gasteiger partial charge in [0.1, 0.15) is 6.61 Å². The molecule has 1 fully saturated rings. The standard InChI is InChI=1S/C20H21ClN6O3/c1-12-3-5-14(6-4-12)18-16(26-9-10-30-20(26)29)11-27(25-18)19(28)22-13(2)15-7-8-17(21)24-23-15/h3-8,13,16H,9-11H2,1-2H3,(H,22,28)/t13?,16-/m0/s1. The largest absolute Gasteiger partial charge is 0.448 e. The number of benzene rings is 1. The molecule has 2 atom stereocenters. The highest BCUT2D eigenvalue weighted by atomic mass is 35.5. The van der Waals surface area contributed by atoms with Gasteiger partial charge in [0.25, 0.3) is 0 Å². The van der Waals surface area contributed by atoms with Crippen molar-refractivity contribution < 1.29 is 14.3 Å². The van der Waals surface area contributed by atoms with Crippen LogP contribution in [0.25, 0.3) is 0 Å².